The van der Waals surface area contributed by atoms with Gasteiger partial charge in [0.1, 0.15) is 23.0 Å². The van der Waals surface area contributed by atoms with Crippen LogP contribution in [-0.4, -0.2) is 96.8 Å². The van der Waals surface area contributed by atoms with Crippen LogP contribution in [0.5, 0.6) is 11.5 Å². The summed E-state index contributed by atoms with van der Waals surface area (Å²) in [4.78, 5) is 9.47. The van der Waals surface area contributed by atoms with Crippen LogP contribution in [-0.2, 0) is 47.0 Å². The molecule has 2 aliphatic rings. The van der Waals surface area contributed by atoms with Crippen molar-refractivity contribution in [3.8, 4) is 34.0 Å². The summed E-state index contributed by atoms with van der Waals surface area (Å²) in [6.45, 7) is 3.80. The molecule has 3 heterocycles. The van der Waals surface area contributed by atoms with Gasteiger partial charge in [0.2, 0.25) is 23.1 Å². The first-order chi connectivity index (χ1) is 25.1. The van der Waals surface area contributed by atoms with Gasteiger partial charge in [-0.1, -0.05) is 6.07 Å². The maximum Gasteiger partial charge on any atom is 0.320 e. The van der Waals surface area contributed by atoms with E-state index in [-0.39, 0.29) is 58.7 Å². The SMILES string of the molecule is CC1=Nc2cc(-c3ccc4nc(-c5cc(OCS(=O)(=O)O)cc(C)c5OCS(=O)(=O)O)n(CCCCS(=O)(=O)O)c4c3)ccc2[N+]12CCCC2S(=O)(=O)O. The third kappa shape index (κ3) is 8.30. The van der Waals surface area contributed by atoms with Gasteiger partial charge in [0, 0.05) is 32.4 Å². The number of imidazole rings is 1. The Kier molecular flexibility index (Phi) is 10.5. The van der Waals surface area contributed by atoms with Crippen LogP contribution in [0, 0.1) is 6.92 Å². The number of aliphatic imine (C=N–C) groups is 1. The van der Waals surface area contributed by atoms with Crippen LogP contribution in [0.1, 0.15) is 38.2 Å². The van der Waals surface area contributed by atoms with Gasteiger partial charge in [0.15, 0.2) is 5.69 Å². The first kappa shape index (κ1) is 39.7. The minimum Gasteiger partial charge on any atom is -0.475 e. The molecule has 0 aliphatic carbocycles. The van der Waals surface area contributed by atoms with Crippen molar-refractivity contribution < 1.29 is 61.4 Å². The van der Waals surface area contributed by atoms with E-state index in [0.717, 1.165) is 0 Å². The summed E-state index contributed by atoms with van der Waals surface area (Å²) in [6.07, 6.45) is 1.11. The van der Waals surface area contributed by atoms with Gasteiger partial charge in [-0.2, -0.15) is 38.7 Å². The Morgan fingerprint density at radius 2 is 1.48 bits per heavy atom. The first-order valence-electron chi connectivity index (χ1n) is 16.4. The average Bonchev–Trinajstić information content (AvgIpc) is 3.74. The minimum atomic E-state index is -4.63. The van der Waals surface area contributed by atoms with Crippen molar-refractivity contribution in [3.05, 3.63) is 54.1 Å². The summed E-state index contributed by atoms with van der Waals surface area (Å²) in [5.74, 6) is -2.19. The van der Waals surface area contributed by atoms with E-state index in [4.69, 9.17) is 19.5 Å². The van der Waals surface area contributed by atoms with Crippen molar-refractivity contribution in [3.63, 3.8) is 0 Å². The highest BCUT2D eigenvalue weighted by Crippen LogP contribution is 2.49. The molecule has 6 rings (SSSR count). The van der Waals surface area contributed by atoms with Crippen LogP contribution in [0.15, 0.2) is 53.5 Å². The minimum absolute atomic E-state index is 0.0486. The lowest BCUT2D eigenvalue weighted by molar-refractivity contribution is 0.344. The van der Waals surface area contributed by atoms with Crippen LogP contribution in [0.25, 0.3) is 33.5 Å². The Labute approximate surface area is 311 Å². The monoisotopic (exact) mass is 829 g/mol. The Bertz CT molecular complexity index is 2640. The molecule has 1 spiro atoms. The molecule has 18 nitrogen and oxygen atoms in total. The van der Waals surface area contributed by atoms with Crippen molar-refractivity contribution in [2.24, 2.45) is 4.99 Å². The number of quaternary nitrogens is 1. The summed E-state index contributed by atoms with van der Waals surface area (Å²) in [7, 11) is -17.9. The molecule has 4 aromatic rings. The van der Waals surface area contributed by atoms with E-state index in [1.807, 2.05) is 6.07 Å². The number of nitrogens with zero attached hydrogens (tertiary/aromatic N) is 4. The lowest BCUT2D eigenvalue weighted by atomic mass is 10.0. The zero-order valence-electron chi connectivity index (χ0n) is 28.9. The molecule has 292 valence electrons. The van der Waals surface area contributed by atoms with E-state index in [9.17, 15) is 51.9 Å². The fourth-order valence-corrected chi connectivity index (χ4v) is 9.63. The van der Waals surface area contributed by atoms with E-state index in [1.54, 1.807) is 41.8 Å². The third-order valence-corrected chi connectivity index (χ3v) is 12.3. The van der Waals surface area contributed by atoms with Crippen LogP contribution in [0.4, 0.5) is 11.4 Å². The molecule has 1 aromatic heterocycles. The molecule has 0 amide bonds. The Hall–Kier alpha value is -4.00. The predicted molar refractivity (Wildman–Crippen MR) is 199 cm³/mol. The van der Waals surface area contributed by atoms with Gasteiger partial charge in [-0.3, -0.25) is 18.2 Å². The predicted octanol–water partition coefficient (Wildman–Crippen LogP) is 4.17. The molecule has 1 saturated heterocycles. The van der Waals surface area contributed by atoms with Crippen molar-refractivity contribution in [1.82, 2.24) is 14.0 Å². The number of hydrogen-bond acceptors (Lipinski definition) is 12. The normalized spacial score (nSPS) is 19.0. The van der Waals surface area contributed by atoms with Crippen molar-refractivity contribution in [2.45, 2.75) is 51.4 Å². The maximum absolute atomic E-state index is 12.4. The zero-order chi connectivity index (χ0) is 39.4. The molecule has 54 heavy (non-hydrogen) atoms. The molecule has 2 atom stereocenters. The molecular weight excluding hydrogens is 793 g/mol. The number of amidine groups is 1. The van der Waals surface area contributed by atoms with Crippen LogP contribution < -0.4 is 14.0 Å². The molecule has 1 fully saturated rings. The van der Waals surface area contributed by atoms with Crippen molar-refractivity contribution in [2.75, 3.05) is 24.2 Å². The molecule has 0 radical (unpaired) electrons. The first-order valence-corrected chi connectivity index (χ1v) is 22.7. The van der Waals surface area contributed by atoms with E-state index in [0.29, 0.717) is 52.3 Å². The number of benzene rings is 3. The van der Waals surface area contributed by atoms with Crippen LogP contribution in [0.3, 0.4) is 0 Å². The quantitative estimate of drug-likeness (QED) is 0.0789. The Morgan fingerprint density at radius 3 is 2.15 bits per heavy atom. The number of unbranched alkanes of at least 4 members (excludes halogenated alkanes) is 1. The lowest BCUT2D eigenvalue weighted by Gasteiger charge is -2.33. The molecule has 2 unspecified atom stereocenters. The van der Waals surface area contributed by atoms with E-state index < -0.39 is 63.5 Å². The number of rotatable bonds is 14. The summed E-state index contributed by atoms with van der Waals surface area (Å²) in [5.41, 5.74) is 3.86. The van der Waals surface area contributed by atoms with Gasteiger partial charge in [0.25, 0.3) is 10.1 Å². The molecule has 2 aliphatic heterocycles. The average molecular weight is 830 g/mol. The largest absolute Gasteiger partial charge is 0.475 e. The summed E-state index contributed by atoms with van der Waals surface area (Å²) in [6, 6.07) is 13.3. The van der Waals surface area contributed by atoms with Gasteiger partial charge in [-0.15, -0.1) is 0 Å². The van der Waals surface area contributed by atoms with Gasteiger partial charge < -0.3 is 14.0 Å². The number of aryl methyl sites for hydroxylation is 2. The van der Waals surface area contributed by atoms with Crippen molar-refractivity contribution >= 4 is 68.7 Å². The second-order valence-corrected chi connectivity index (χ2v) is 19.1. The molecular formula is C32H37N4O14S4+. The molecule has 3 aromatic carbocycles. The van der Waals surface area contributed by atoms with Gasteiger partial charge in [-0.05, 0) is 72.9 Å². The molecule has 22 heteroatoms. The lowest BCUT2D eigenvalue weighted by Crippen LogP contribution is -2.57. The number of ether oxygens (including phenoxy) is 2. The molecule has 0 bridgehead atoms. The number of hydrogen-bond donors (Lipinski definition) is 4. The zero-order valence-corrected chi connectivity index (χ0v) is 32.1. The van der Waals surface area contributed by atoms with E-state index in [2.05, 4.69) is 0 Å². The fraction of sp³-hybridized carbons (Fsp3) is 0.375. The molecule has 4 N–H and O–H groups in total. The van der Waals surface area contributed by atoms with Gasteiger partial charge in [-0.25, -0.2) is 9.47 Å². The second kappa shape index (κ2) is 14.3. The topological polar surface area (TPSA) is 266 Å². The second-order valence-electron chi connectivity index (χ2n) is 13.2. The standard InChI is InChI=1S/C32H36N4O14S4/c1-20-14-24(49-18-52(40,41)42)17-25(31(20)50-19-53(43,44)45)32-34-26-9-7-23(16-28(26)35(32)11-3-4-13-51(37,38)39)22-8-10-29-27(15-22)33-21(2)36(29)12-5-6-30(36)54(46,47)48/h7-10,14-17,30H,3-6,11-13,18-19H2,1-2H3,(H3-,37,38,39,40,41,42,43,44,45,46,47,48)/p+1. The highest BCUT2D eigenvalue weighted by molar-refractivity contribution is 7.86. The fourth-order valence-electron chi connectivity index (χ4n) is 7.22. The summed E-state index contributed by atoms with van der Waals surface area (Å²) >= 11 is 0. The Balaban J connectivity index is 1.48. The maximum atomic E-state index is 12.4. The number of aromatic nitrogens is 2. The Morgan fingerprint density at radius 1 is 0.815 bits per heavy atom. The van der Waals surface area contributed by atoms with Crippen LogP contribution in [0.2, 0.25) is 0 Å². The van der Waals surface area contributed by atoms with E-state index >= 15 is 0 Å². The smallest absolute Gasteiger partial charge is 0.320 e. The summed E-state index contributed by atoms with van der Waals surface area (Å²) in [5, 5.41) is -1.08. The highest BCUT2D eigenvalue weighted by Gasteiger charge is 2.56. The number of fused-ring (bicyclic) bond motifs is 3. The summed E-state index contributed by atoms with van der Waals surface area (Å²) < 4.78 is 145. The highest BCUT2D eigenvalue weighted by atomic mass is 32.2. The van der Waals surface area contributed by atoms with Crippen LogP contribution >= 0.6 is 0 Å². The van der Waals surface area contributed by atoms with E-state index in [1.165, 1.54) is 19.1 Å². The van der Waals surface area contributed by atoms with Gasteiger partial charge >= 0.3 is 30.4 Å². The third-order valence-electron chi connectivity index (χ3n) is 9.39. The van der Waals surface area contributed by atoms with Gasteiger partial charge in [0.05, 0.1) is 28.9 Å². The van der Waals surface area contributed by atoms with Crippen molar-refractivity contribution in [1.29, 1.82) is 0 Å². The molecule has 0 saturated carbocycles.